The number of hydrogen-bond donors (Lipinski definition) is 1. The van der Waals surface area contributed by atoms with Crippen molar-refractivity contribution in [3.63, 3.8) is 0 Å². The van der Waals surface area contributed by atoms with Crippen molar-refractivity contribution in [2.45, 2.75) is 6.61 Å². The Bertz CT molecular complexity index is 677. The van der Waals surface area contributed by atoms with Gasteiger partial charge in [-0.2, -0.15) is 0 Å². The molecule has 2 N–H and O–H groups in total. The molecule has 0 saturated heterocycles. The minimum Gasteiger partial charge on any atom is -0.496 e. The Labute approximate surface area is 145 Å². The molecule has 6 heteroatoms. The van der Waals surface area contributed by atoms with Crippen molar-refractivity contribution >= 4 is 49.1 Å². The molecule has 3 nitrogen and oxygen atoms in total. The highest BCUT2D eigenvalue weighted by Crippen LogP contribution is 2.27. The summed E-state index contributed by atoms with van der Waals surface area (Å²) >= 11 is 11.9. The molecule has 0 unspecified atom stereocenters. The molecule has 2 aromatic carbocycles. The molecule has 0 amide bonds. The summed E-state index contributed by atoms with van der Waals surface area (Å²) in [7, 11) is 1.63. The highest BCUT2D eigenvalue weighted by molar-refractivity contribution is 9.10. The first kappa shape index (κ1) is 16.3. The van der Waals surface area contributed by atoms with E-state index in [-0.39, 0.29) is 0 Å². The molecule has 0 aliphatic heterocycles. The smallest absolute Gasteiger partial charge is 0.130 e. The summed E-state index contributed by atoms with van der Waals surface area (Å²) < 4.78 is 13.0. The first-order valence-corrected chi connectivity index (χ1v) is 8.05. The molecule has 0 bridgehead atoms. The SMILES string of the molecule is COc1ccc(Br)cc1COc1ccc(Br)cc1C(N)=S. The number of thiocarbonyl (C=S) groups is 1. The Morgan fingerprint density at radius 2 is 1.71 bits per heavy atom. The number of hydrogen-bond acceptors (Lipinski definition) is 3. The van der Waals surface area contributed by atoms with Gasteiger partial charge in [0.05, 0.1) is 12.7 Å². The summed E-state index contributed by atoms with van der Waals surface area (Å²) in [6.07, 6.45) is 0. The predicted molar refractivity (Wildman–Crippen MR) is 95.1 cm³/mol. The van der Waals surface area contributed by atoms with Crippen LogP contribution in [0.2, 0.25) is 0 Å². The topological polar surface area (TPSA) is 44.5 Å². The minimum absolute atomic E-state index is 0.299. The standard InChI is InChI=1S/C15H13Br2NO2S/c1-19-13-4-2-10(16)6-9(13)8-20-14-5-3-11(17)7-12(14)15(18)21/h2-7H,8H2,1H3,(H2,18,21). The first-order valence-electron chi connectivity index (χ1n) is 6.06. The van der Waals surface area contributed by atoms with Gasteiger partial charge in [-0.25, -0.2) is 0 Å². The molecule has 0 radical (unpaired) electrons. The average Bonchev–Trinajstić information content (AvgIpc) is 2.46. The van der Waals surface area contributed by atoms with Crippen LogP contribution in [0.25, 0.3) is 0 Å². The van der Waals surface area contributed by atoms with Crippen molar-refractivity contribution in [3.8, 4) is 11.5 Å². The van der Waals surface area contributed by atoms with E-state index in [2.05, 4.69) is 31.9 Å². The van der Waals surface area contributed by atoms with E-state index >= 15 is 0 Å². The third-order valence-corrected chi connectivity index (χ3v) is 4.04. The lowest BCUT2D eigenvalue weighted by atomic mass is 10.2. The van der Waals surface area contributed by atoms with Crippen molar-refractivity contribution in [3.05, 3.63) is 56.5 Å². The Kier molecular flexibility index (Phi) is 5.61. The fraction of sp³-hybridized carbons (Fsp3) is 0.133. The molecule has 0 spiro atoms. The minimum atomic E-state index is 0.299. The highest BCUT2D eigenvalue weighted by Gasteiger charge is 2.10. The van der Waals surface area contributed by atoms with Crippen LogP contribution in [0.4, 0.5) is 0 Å². The second-order valence-electron chi connectivity index (χ2n) is 4.25. The Hall–Kier alpha value is -1.11. The van der Waals surface area contributed by atoms with Crippen molar-refractivity contribution in [2.24, 2.45) is 5.73 Å². The Balaban J connectivity index is 2.24. The summed E-state index contributed by atoms with van der Waals surface area (Å²) in [4.78, 5) is 0.299. The quantitative estimate of drug-likeness (QED) is 0.712. The molecule has 0 atom stereocenters. The van der Waals surface area contributed by atoms with Gasteiger partial charge in [0, 0.05) is 14.5 Å². The Morgan fingerprint density at radius 1 is 1.10 bits per heavy atom. The van der Waals surface area contributed by atoms with Gasteiger partial charge in [-0.1, -0.05) is 44.1 Å². The van der Waals surface area contributed by atoms with E-state index in [9.17, 15) is 0 Å². The van der Waals surface area contributed by atoms with Crippen LogP contribution >= 0.6 is 44.1 Å². The molecule has 0 saturated carbocycles. The van der Waals surface area contributed by atoms with Crippen LogP contribution < -0.4 is 15.2 Å². The van der Waals surface area contributed by atoms with Gasteiger partial charge in [0.25, 0.3) is 0 Å². The maximum absolute atomic E-state index is 5.85. The predicted octanol–water partition coefficient (Wildman–Crippen LogP) is 4.43. The molecule has 2 aromatic rings. The van der Waals surface area contributed by atoms with E-state index in [1.165, 1.54) is 0 Å². The molecule has 21 heavy (non-hydrogen) atoms. The van der Waals surface area contributed by atoms with E-state index < -0.39 is 0 Å². The molecule has 2 rings (SSSR count). The summed E-state index contributed by atoms with van der Waals surface area (Å²) in [5.41, 5.74) is 7.37. The van der Waals surface area contributed by atoms with Gasteiger partial charge in [0.1, 0.15) is 23.1 Å². The third-order valence-electron chi connectivity index (χ3n) is 2.83. The zero-order chi connectivity index (χ0) is 15.4. The molecule has 0 aliphatic carbocycles. The van der Waals surface area contributed by atoms with Crippen molar-refractivity contribution < 1.29 is 9.47 Å². The lowest BCUT2D eigenvalue weighted by Crippen LogP contribution is -2.12. The Morgan fingerprint density at radius 3 is 2.33 bits per heavy atom. The highest BCUT2D eigenvalue weighted by atomic mass is 79.9. The van der Waals surface area contributed by atoms with Gasteiger partial charge in [0.2, 0.25) is 0 Å². The largest absolute Gasteiger partial charge is 0.496 e. The van der Waals surface area contributed by atoms with Crippen molar-refractivity contribution in [1.29, 1.82) is 0 Å². The average molecular weight is 431 g/mol. The second-order valence-corrected chi connectivity index (χ2v) is 6.52. The number of methoxy groups -OCH3 is 1. The van der Waals surface area contributed by atoms with Gasteiger partial charge in [-0.3, -0.25) is 0 Å². The van der Waals surface area contributed by atoms with Crippen LogP contribution in [0.5, 0.6) is 11.5 Å². The van der Waals surface area contributed by atoms with E-state index in [0.717, 1.165) is 20.3 Å². The third kappa shape index (κ3) is 4.18. The van der Waals surface area contributed by atoms with Crippen molar-refractivity contribution in [2.75, 3.05) is 7.11 Å². The molecule has 0 aromatic heterocycles. The van der Waals surface area contributed by atoms with Gasteiger partial charge in [-0.15, -0.1) is 0 Å². The van der Waals surface area contributed by atoms with E-state index in [1.807, 2.05) is 36.4 Å². The van der Waals surface area contributed by atoms with E-state index in [0.29, 0.717) is 22.9 Å². The lowest BCUT2D eigenvalue weighted by Gasteiger charge is -2.13. The molecule has 0 aliphatic rings. The van der Waals surface area contributed by atoms with Crippen LogP contribution in [-0.2, 0) is 6.61 Å². The first-order chi connectivity index (χ1) is 10.0. The molecule has 110 valence electrons. The number of benzene rings is 2. The molecular formula is C15H13Br2NO2S. The van der Waals surface area contributed by atoms with E-state index in [4.69, 9.17) is 27.4 Å². The van der Waals surface area contributed by atoms with Crippen LogP contribution in [-0.4, -0.2) is 12.1 Å². The molecule has 0 fully saturated rings. The van der Waals surface area contributed by atoms with E-state index in [1.54, 1.807) is 7.11 Å². The van der Waals surface area contributed by atoms with Crippen LogP contribution in [0.1, 0.15) is 11.1 Å². The van der Waals surface area contributed by atoms with Gasteiger partial charge < -0.3 is 15.2 Å². The summed E-state index contributed by atoms with van der Waals surface area (Å²) in [6.45, 7) is 0.361. The number of ether oxygens (including phenoxy) is 2. The monoisotopic (exact) mass is 429 g/mol. The zero-order valence-electron chi connectivity index (χ0n) is 11.2. The van der Waals surface area contributed by atoms with Gasteiger partial charge in [-0.05, 0) is 36.4 Å². The number of halogens is 2. The number of rotatable bonds is 5. The van der Waals surface area contributed by atoms with Crippen LogP contribution in [0.15, 0.2) is 45.3 Å². The number of nitrogens with two attached hydrogens (primary N) is 1. The maximum atomic E-state index is 5.85. The molecule has 0 heterocycles. The summed E-state index contributed by atoms with van der Waals surface area (Å²) in [6, 6.07) is 11.3. The summed E-state index contributed by atoms with van der Waals surface area (Å²) in [5.74, 6) is 1.42. The lowest BCUT2D eigenvalue weighted by molar-refractivity contribution is 0.296. The van der Waals surface area contributed by atoms with Crippen LogP contribution in [0.3, 0.4) is 0 Å². The van der Waals surface area contributed by atoms with Gasteiger partial charge in [0.15, 0.2) is 0 Å². The fourth-order valence-corrected chi connectivity index (χ4v) is 2.77. The zero-order valence-corrected chi connectivity index (χ0v) is 15.2. The van der Waals surface area contributed by atoms with Crippen LogP contribution in [0, 0.1) is 0 Å². The van der Waals surface area contributed by atoms with Gasteiger partial charge >= 0.3 is 0 Å². The maximum Gasteiger partial charge on any atom is 0.130 e. The second kappa shape index (κ2) is 7.24. The normalized spacial score (nSPS) is 10.2. The summed E-state index contributed by atoms with van der Waals surface area (Å²) in [5, 5.41) is 0. The van der Waals surface area contributed by atoms with Crippen molar-refractivity contribution in [1.82, 2.24) is 0 Å². The fourth-order valence-electron chi connectivity index (χ4n) is 1.84. The molecular weight excluding hydrogens is 418 g/mol.